The molecule has 1 aromatic heterocycles. The van der Waals surface area contributed by atoms with Crippen molar-refractivity contribution in [3.63, 3.8) is 0 Å². The van der Waals surface area contributed by atoms with Crippen molar-refractivity contribution < 1.29 is 9.13 Å². The van der Waals surface area contributed by atoms with Gasteiger partial charge in [0.15, 0.2) is 0 Å². The minimum atomic E-state index is -0.321. The highest BCUT2D eigenvalue weighted by Crippen LogP contribution is 2.15. The molecular formula is C17H17FN4O. The van der Waals surface area contributed by atoms with Crippen LogP contribution in [0.4, 0.5) is 4.39 Å². The molecule has 6 heteroatoms. The van der Waals surface area contributed by atoms with Crippen LogP contribution in [0.3, 0.4) is 0 Å². The lowest BCUT2D eigenvalue weighted by Gasteiger charge is -2.06. The summed E-state index contributed by atoms with van der Waals surface area (Å²) >= 11 is 0. The summed E-state index contributed by atoms with van der Waals surface area (Å²) < 4.78 is 18.9. The van der Waals surface area contributed by atoms with E-state index >= 15 is 0 Å². The molecule has 23 heavy (non-hydrogen) atoms. The number of ether oxygens (including phenoxy) is 1. The second-order valence-electron chi connectivity index (χ2n) is 5.07. The molecule has 5 nitrogen and oxygen atoms in total. The van der Waals surface area contributed by atoms with Crippen molar-refractivity contribution in [2.45, 2.75) is 19.9 Å². The summed E-state index contributed by atoms with van der Waals surface area (Å²) in [5, 5.41) is 12.1. The topological polar surface area (TPSA) is 52.8 Å². The molecule has 0 radical (unpaired) electrons. The average molecular weight is 312 g/mol. The van der Waals surface area contributed by atoms with E-state index in [2.05, 4.69) is 28.4 Å². The Morgan fingerprint density at radius 1 is 1.13 bits per heavy atom. The first-order valence-corrected chi connectivity index (χ1v) is 7.50. The zero-order valence-corrected chi connectivity index (χ0v) is 12.8. The second-order valence-corrected chi connectivity index (χ2v) is 5.07. The number of hydrogen-bond acceptors (Lipinski definition) is 4. The van der Waals surface area contributed by atoms with Crippen molar-refractivity contribution in [3.05, 3.63) is 59.9 Å². The third-order valence-corrected chi connectivity index (χ3v) is 3.40. The highest BCUT2D eigenvalue weighted by atomic mass is 19.1. The molecule has 0 amide bonds. The lowest BCUT2D eigenvalue weighted by atomic mass is 10.2. The van der Waals surface area contributed by atoms with E-state index < -0.39 is 0 Å². The van der Waals surface area contributed by atoms with Crippen LogP contribution in [0, 0.1) is 5.82 Å². The largest absolute Gasteiger partial charge is 0.492 e. The molecule has 0 aliphatic carbocycles. The van der Waals surface area contributed by atoms with Crippen molar-refractivity contribution >= 4 is 0 Å². The summed E-state index contributed by atoms with van der Waals surface area (Å²) in [5.41, 5.74) is 1.84. The van der Waals surface area contributed by atoms with Gasteiger partial charge in [0.25, 0.3) is 0 Å². The molecule has 0 bridgehead atoms. The quantitative estimate of drug-likeness (QED) is 0.702. The Morgan fingerprint density at radius 3 is 2.83 bits per heavy atom. The summed E-state index contributed by atoms with van der Waals surface area (Å²) in [4.78, 5) is 1.45. The number of tetrazole rings is 1. The fourth-order valence-corrected chi connectivity index (χ4v) is 2.18. The predicted molar refractivity (Wildman–Crippen MR) is 84.5 cm³/mol. The van der Waals surface area contributed by atoms with E-state index in [0.717, 1.165) is 12.2 Å². The summed E-state index contributed by atoms with van der Waals surface area (Å²) in [7, 11) is 0. The summed E-state index contributed by atoms with van der Waals surface area (Å²) in [5.74, 6) is 0.908. The minimum Gasteiger partial charge on any atom is -0.492 e. The Bertz CT molecular complexity index is 788. The highest BCUT2D eigenvalue weighted by molar-refractivity contribution is 5.53. The van der Waals surface area contributed by atoms with Crippen LogP contribution >= 0.6 is 0 Å². The molecule has 0 aliphatic heterocycles. The van der Waals surface area contributed by atoms with Gasteiger partial charge in [0.05, 0.1) is 6.54 Å². The first kappa shape index (κ1) is 15.1. The van der Waals surface area contributed by atoms with Gasteiger partial charge >= 0.3 is 0 Å². The number of halogens is 1. The zero-order valence-electron chi connectivity index (χ0n) is 12.8. The lowest BCUT2D eigenvalue weighted by molar-refractivity contribution is 0.280. The predicted octanol–water partition coefficient (Wildman–Crippen LogP) is 3.12. The Kier molecular flexibility index (Phi) is 4.61. The second kappa shape index (κ2) is 7.00. The first-order chi connectivity index (χ1) is 11.2. The van der Waals surface area contributed by atoms with Gasteiger partial charge in [0.2, 0.25) is 5.82 Å². The maximum Gasteiger partial charge on any atom is 0.205 e. The molecular weight excluding hydrogens is 295 g/mol. The number of hydrogen-bond donors (Lipinski definition) is 0. The lowest BCUT2D eigenvalue weighted by Crippen LogP contribution is -2.11. The van der Waals surface area contributed by atoms with Gasteiger partial charge in [0, 0.05) is 5.56 Å². The third-order valence-electron chi connectivity index (χ3n) is 3.40. The molecule has 3 aromatic rings. The van der Waals surface area contributed by atoms with Gasteiger partial charge < -0.3 is 4.74 Å². The van der Waals surface area contributed by atoms with Crippen LogP contribution in [0.15, 0.2) is 48.5 Å². The first-order valence-electron chi connectivity index (χ1n) is 7.50. The van der Waals surface area contributed by atoms with Gasteiger partial charge in [-0.3, -0.25) is 0 Å². The summed E-state index contributed by atoms with van der Waals surface area (Å²) in [6, 6.07) is 14.1. The van der Waals surface area contributed by atoms with Crippen LogP contribution < -0.4 is 4.74 Å². The molecule has 0 aliphatic rings. The SMILES string of the molecule is CCc1cccc(OCCn2nnc(-c3cccc(F)c3)n2)c1. The van der Waals surface area contributed by atoms with Gasteiger partial charge in [0.1, 0.15) is 18.2 Å². The molecule has 0 spiro atoms. The Labute approximate surface area is 133 Å². The maximum absolute atomic E-state index is 13.2. The number of nitrogens with zero attached hydrogens (tertiary/aromatic N) is 4. The molecule has 0 saturated carbocycles. The van der Waals surface area contributed by atoms with Crippen LogP contribution in [0.1, 0.15) is 12.5 Å². The van der Waals surface area contributed by atoms with Crippen LogP contribution in [0.5, 0.6) is 5.75 Å². The monoisotopic (exact) mass is 312 g/mol. The van der Waals surface area contributed by atoms with Crippen molar-refractivity contribution in [2.75, 3.05) is 6.61 Å². The summed E-state index contributed by atoms with van der Waals surface area (Å²) in [6.07, 6.45) is 0.971. The van der Waals surface area contributed by atoms with Gasteiger partial charge in [-0.1, -0.05) is 31.2 Å². The number of rotatable bonds is 6. The Morgan fingerprint density at radius 2 is 2.00 bits per heavy atom. The third kappa shape index (κ3) is 3.91. The number of aromatic nitrogens is 4. The van der Waals surface area contributed by atoms with E-state index in [1.54, 1.807) is 12.1 Å². The van der Waals surface area contributed by atoms with Gasteiger partial charge in [-0.2, -0.15) is 4.80 Å². The van der Waals surface area contributed by atoms with E-state index in [-0.39, 0.29) is 5.82 Å². The van der Waals surface area contributed by atoms with Crippen molar-refractivity contribution in [1.82, 2.24) is 20.2 Å². The van der Waals surface area contributed by atoms with E-state index in [1.165, 1.54) is 22.5 Å². The fraction of sp³-hybridized carbons (Fsp3) is 0.235. The van der Waals surface area contributed by atoms with E-state index in [4.69, 9.17) is 4.74 Å². The van der Waals surface area contributed by atoms with Crippen LogP contribution in [0.2, 0.25) is 0 Å². The maximum atomic E-state index is 13.2. The zero-order chi connectivity index (χ0) is 16.1. The minimum absolute atomic E-state index is 0.321. The molecule has 0 unspecified atom stereocenters. The number of benzene rings is 2. The van der Waals surface area contributed by atoms with E-state index in [0.29, 0.717) is 24.5 Å². The van der Waals surface area contributed by atoms with Crippen molar-refractivity contribution in [3.8, 4) is 17.1 Å². The van der Waals surface area contributed by atoms with Gasteiger partial charge in [-0.25, -0.2) is 4.39 Å². The molecule has 3 rings (SSSR count). The van der Waals surface area contributed by atoms with Crippen LogP contribution in [-0.2, 0) is 13.0 Å². The molecule has 0 fully saturated rings. The van der Waals surface area contributed by atoms with E-state index in [1.807, 2.05) is 18.2 Å². The Balaban J connectivity index is 1.59. The average Bonchev–Trinajstić information content (AvgIpc) is 3.04. The van der Waals surface area contributed by atoms with Crippen molar-refractivity contribution in [2.24, 2.45) is 0 Å². The molecule has 0 N–H and O–H groups in total. The smallest absolute Gasteiger partial charge is 0.205 e. The van der Waals surface area contributed by atoms with E-state index in [9.17, 15) is 4.39 Å². The molecule has 118 valence electrons. The van der Waals surface area contributed by atoms with Crippen molar-refractivity contribution in [1.29, 1.82) is 0 Å². The van der Waals surface area contributed by atoms with Crippen LogP contribution in [-0.4, -0.2) is 26.8 Å². The number of aryl methyl sites for hydroxylation is 1. The highest BCUT2D eigenvalue weighted by Gasteiger charge is 2.06. The molecule has 0 saturated heterocycles. The standard InChI is InChI=1S/C17H17FN4O/c1-2-13-5-3-8-16(11-13)23-10-9-22-20-17(19-21-22)14-6-4-7-15(18)12-14/h3-8,11-12H,2,9-10H2,1H3. The van der Waals surface area contributed by atoms with Crippen LogP contribution in [0.25, 0.3) is 11.4 Å². The molecule has 0 atom stereocenters. The van der Waals surface area contributed by atoms with Gasteiger partial charge in [-0.05, 0) is 41.5 Å². The van der Waals surface area contributed by atoms with Gasteiger partial charge in [-0.15, -0.1) is 10.2 Å². The fourth-order valence-electron chi connectivity index (χ4n) is 2.18. The normalized spacial score (nSPS) is 10.7. The Hall–Kier alpha value is -2.76. The summed E-state index contributed by atoms with van der Waals surface area (Å²) in [6.45, 7) is 3.01. The molecule has 2 aromatic carbocycles. The molecule has 1 heterocycles.